The number of nitrogens with zero attached hydrogens (tertiary/aromatic N) is 11. The standard InChI is InChI=1S/C15H15N5.C14H16N4.C8H9ClN2.C8H11N.C8H12O3.C7H6Cl2N2.C7H8N2O2.C6H8N2.B2.3ClH.Po/c1-9-10-5-4-7-11(10)19-15(17-9)20-13-8-3-2-6-12(13)18-14(20)16;1-9-10-5-4-8-12(10)17-14(16-9)18-13-7-3-2-6-11(13)15;1-5-6-3-2-4-7(6)11-8(9)10-5;1-9(2)8-6-4-3-5-7-8;1-2-11-8(10)6-4-3-5-7(6)9;8-6-4-2-1-3-5(4)10-7(9)11-6;10-6-4-2-1-3-5(4)8-7(11)9-6;7-5-3-1-2-4-6(5)8;1-2;;;;/h2-3,6,8H,4-5,7H2,1H3,(H2,16,18);2-3,6-7H,4-5,8,15H2,1H3,(H,16,17,18);2-4H2,1H3;3-7H,1-2H3;6H,2-5H2,1H3;1-3H2;1-3H2,(H2,8,9,10,11);1-4H,7-8H2;;3*1H;/q;;;;;;;;;;;;+3/p-3. The van der Waals surface area contributed by atoms with Crippen molar-refractivity contribution in [2.45, 2.75) is 143 Å². The normalized spacial score (nSPS) is 14.0. The quantitative estimate of drug-likeness (QED) is 0.0203. The fourth-order valence-corrected chi connectivity index (χ4v) is 13.1. The number of halogens is 6. The molecule has 1 unspecified atom stereocenters. The van der Waals surface area contributed by atoms with E-state index in [1.807, 2.05) is 118 Å². The number of imidazole rings is 1. The molecule has 10 aromatic rings. The van der Waals surface area contributed by atoms with Crippen molar-refractivity contribution in [3.05, 3.63) is 213 Å². The van der Waals surface area contributed by atoms with E-state index in [9.17, 15) is 19.2 Å². The Labute approximate surface area is 647 Å². The van der Waals surface area contributed by atoms with Crippen LogP contribution in [0.3, 0.4) is 0 Å². The summed E-state index contributed by atoms with van der Waals surface area (Å²) in [5.74, 6) is 0.970. The average Bonchev–Trinajstić information content (AvgIpc) is 1.64. The number of H-pyrrole nitrogens is 2. The van der Waals surface area contributed by atoms with Crippen molar-refractivity contribution in [1.29, 1.82) is 0 Å². The van der Waals surface area contributed by atoms with E-state index in [0.29, 0.717) is 64.8 Å². The van der Waals surface area contributed by atoms with E-state index in [1.165, 1.54) is 40.9 Å². The fraction of sp³-hybridized carbons (Fsp3) is 0.356. The second-order valence-corrected chi connectivity index (χ2v) is 39.3. The van der Waals surface area contributed by atoms with Crippen molar-refractivity contribution in [3.8, 4) is 5.95 Å². The van der Waals surface area contributed by atoms with Gasteiger partial charge in [0.05, 0.1) is 46.1 Å². The minimum absolute atomic E-state index is 0.0449. The Morgan fingerprint density at radius 1 is 0.562 bits per heavy atom. The fourth-order valence-electron chi connectivity index (χ4n) is 12.3. The number of ketones is 1. The van der Waals surface area contributed by atoms with Crippen LogP contribution in [0, 0.1) is 26.7 Å². The molecule has 0 amide bonds. The Morgan fingerprint density at radius 3 is 1.60 bits per heavy atom. The second kappa shape index (κ2) is 42.4. The molecular formula is C73H85B2Cl6N18O5Po. The SMILES string of the molecule is CCOC(=O)C1CCCC1=O.CN(C)c1ccccc1.Cc1nc(-n2c(N)nc3ccccc32)nc2c1CCC2.Cc1nc(Cl)nc2c1CCC2.Cc1nc(Nc2ccccc2N)nc2c1CCC2.Clc1nc(Cl)c2c(n1)CCC2.Nc1ccccc1N.O=c1[nH]c2c(c(=O)[nH]1)CCC2.[B][B].[Cl][Po]([Cl])[Cl]. The Bertz CT molecular complexity index is 4590. The van der Waals surface area contributed by atoms with Crippen molar-refractivity contribution < 1.29 is 14.3 Å². The number of nitrogens with two attached hydrogens (primary N) is 4. The summed E-state index contributed by atoms with van der Waals surface area (Å²) >= 11 is 15.1. The molecule has 1 saturated carbocycles. The van der Waals surface area contributed by atoms with Gasteiger partial charge >= 0.3 is 55.5 Å². The summed E-state index contributed by atoms with van der Waals surface area (Å²) < 4.78 is 6.57. The first-order valence-corrected chi connectivity index (χ1v) is 47.0. The van der Waals surface area contributed by atoms with Gasteiger partial charge in [0.15, 0.2) is 0 Å². The van der Waals surface area contributed by atoms with Gasteiger partial charge in [0.2, 0.25) is 28.4 Å². The van der Waals surface area contributed by atoms with Gasteiger partial charge in [0.1, 0.15) is 16.9 Å². The number of rotatable bonds is 6. The van der Waals surface area contributed by atoms with E-state index < -0.39 is 30.1 Å². The zero-order valence-corrected chi connectivity index (χ0v) is 67.1. The first-order valence-electron chi connectivity index (χ1n) is 34.1. The molecule has 11 N–H and O–H groups in total. The Morgan fingerprint density at radius 2 is 1.05 bits per heavy atom. The van der Waals surface area contributed by atoms with Gasteiger partial charge in [-0.3, -0.25) is 19.4 Å². The number of fused-ring (bicyclic) bond motifs is 6. The second-order valence-electron chi connectivity index (χ2n) is 24.6. The van der Waals surface area contributed by atoms with Crippen molar-refractivity contribution in [2.75, 3.05) is 53.9 Å². The molecule has 4 aromatic carbocycles. The van der Waals surface area contributed by atoms with Crippen molar-refractivity contribution in [1.82, 2.24) is 59.4 Å². The summed E-state index contributed by atoms with van der Waals surface area (Å²) in [4.78, 5) is 89.7. The first-order chi connectivity index (χ1) is 50.4. The molecule has 6 heterocycles. The van der Waals surface area contributed by atoms with Gasteiger partial charge in [-0.1, -0.05) is 66.2 Å². The predicted octanol–water partition coefficient (Wildman–Crippen LogP) is 13.0. The van der Waals surface area contributed by atoms with Crippen molar-refractivity contribution >= 4 is 157 Å². The Kier molecular flexibility index (Phi) is 34.1. The zero-order chi connectivity index (χ0) is 76.3. The van der Waals surface area contributed by atoms with Crippen LogP contribution in [-0.2, 0) is 78.5 Å². The maximum atomic E-state index is 11.1. The molecule has 5 radical (unpaired) electrons. The van der Waals surface area contributed by atoms with Crippen LogP contribution < -0.4 is 44.4 Å². The van der Waals surface area contributed by atoms with Gasteiger partial charge in [-0.05, 0) is 225 Å². The first kappa shape index (κ1) is 84.3. The molecule has 6 aliphatic rings. The number of hydrogen-bond donors (Lipinski definition) is 7. The molecule has 0 saturated heterocycles. The summed E-state index contributed by atoms with van der Waals surface area (Å²) in [6, 6.07) is 33.0. The van der Waals surface area contributed by atoms with E-state index in [2.05, 4.69) is 87.7 Å². The van der Waals surface area contributed by atoms with Gasteiger partial charge in [0.25, 0.3) is 5.56 Å². The van der Waals surface area contributed by atoms with Crippen molar-refractivity contribution in [3.63, 3.8) is 0 Å². The van der Waals surface area contributed by atoms with Crippen LogP contribution in [0.15, 0.2) is 113 Å². The number of carbonyl (C=O) groups is 2. The van der Waals surface area contributed by atoms with E-state index in [4.69, 9.17) is 92.8 Å². The van der Waals surface area contributed by atoms with Gasteiger partial charge in [0, 0.05) is 92.7 Å². The molecule has 6 aliphatic carbocycles. The number of nitrogen functional groups attached to an aromatic ring is 4. The summed E-state index contributed by atoms with van der Waals surface area (Å²) in [5.41, 5.74) is 42.3. The molecule has 23 nitrogen and oxygen atoms in total. The Hall–Kier alpha value is -7.94. The molecule has 0 aliphatic heterocycles. The number of para-hydroxylation sites is 7. The topological polar surface area (TPSA) is 349 Å². The number of aromatic amines is 2. The molecule has 1 atom stereocenters. The molecule has 0 bridgehead atoms. The molecule has 32 heteroatoms. The van der Waals surface area contributed by atoms with Crippen LogP contribution >= 0.6 is 60.1 Å². The summed E-state index contributed by atoms with van der Waals surface area (Å²) in [6.45, 7) is 8.20. The van der Waals surface area contributed by atoms with Crippen LogP contribution in [0.1, 0.15) is 132 Å². The molecule has 551 valence electrons. The summed E-state index contributed by atoms with van der Waals surface area (Å²) in [6.07, 6.45) is 17.7. The van der Waals surface area contributed by atoms with Gasteiger partial charge in [-0.2, -0.15) is 0 Å². The number of carbonyl (C=O) groups excluding carboxylic acids is 2. The molecule has 1 fully saturated rings. The monoisotopic (exact) mass is 1730 g/mol. The van der Waals surface area contributed by atoms with Gasteiger partial charge < -0.3 is 42.9 Å². The van der Waals surface area contributed by atoms with E-state index in [0.717, 1.165) is 158 Å². The average molecular weight is 1740 g/mol. The molecule has 6 aromatic heterocycles. The third kappa shape index (κ3) is 25.1. The van der Waals surface area contributed by atoms with E-state index in [1.54, 1.807) is 19.1 Å². The number of aromatic nitrogens is 12. The maximum absolute atomic E-state index is 11.1. The van der Waals surface area contributed by atoms with Crippen LogP contribution in [0.5, 0.6) is 0 Å². The number of esters is 1. The zero-order valence-electron chi connectivity index (χ0n) is 59.4. The number of anilines is 7. The van der Waals surface area contributed by atoms with Crippen molar-refractivity contribution in [2.24, 2.45) is 5.92 Å². The molecular weight excluding hydrogens is 1650 g/mol. The summed E-state index contributed by atoms with van der Waals surface area (Å²) in [5, 5.41) is 4.37. The molecule has 0 spiro atoms. The Balaban J connectivity index is 0.000000169. The van der Waals surface area contributed by atoms with Gasteiger partial charge in [-0.25, -0.2) is 54.2 Å². The minimum atomic E-state index is -2.11. The van der Waals surface area contributed by atoms with Crippen LogP contribution in [-0.4, -0.2) is 126 Å². The predicted molar refractivity (Wildman–Crippen MR) is 428 cm³/mol. The third-order valence-electron chi connectivity index (χ3n) is 17.4. The van der Waals surface area contributed by atoms with E-state index in [-0.39, 0.29) is 22.6 Å². The number of Topliss-reactive ketones (excluding diaryl/α,β-unsaturated/α-hetero) is 1. The van der Waals surface area contributed by atoms with Crippen LogP contribution in [0.2, 0.25) is 15.7 Å². The van der Waals surface area contributed by atoms with Gasteiger partial charge in [-0.15, -0.1) is 0 Å². The third-order valence-corrected chi connectivity index (χ3v) is 18.0. The molecule has 105 heavy (non-hydrogen) atoms. The van der Waals surface area contributed by atoms with E-state index >= 15 is 0 Å². The number of ether oxygens (including phenoxy) is 1. The number of aryl methyl sites for hydroxylation is 8. The summed E-state index contributed by atoms with van der Waals surface area (Å²) in [7, 11) is 27.1. The van der Waals surface area contributed by atoms with Crippen LogP contribution in [0.4, 0.5) is 40.3 Å². The number of nitrogens with one attached hydrogen (secondary N) is 3. The van der Waals surface area contributed by atoms with Crippen LogP contribution in [0.25, 0.3) is 17.0 Å². The number of hydrogen-bond acceptors (Lipinski definition) is 20. The molecule has 16 rings (SSSR count). The number of benzene rings is 4.